The summed E-state index contributed by atoms with van der Waals surface area (Å²) in [6, 6.07) is 0.591. The van der Waals surface area contributed by atoms with Crippen LogP contribution in [0.2, 0.25) is 0 Å². The number of hydrogen-bond acceptors (Lipinski definition) is 2. The van der Waals surface area contributed by atoms with Gasteiger partial charge in [0.2, 0.25) is 5.91 Å². The Kier molecular flexibility index (Phi) is 11.5. The van der Waals surface area contributed by atoms with Crippen molar-refractivity contribution in [1.29, 1.82) is 0 Å². The number of nitrogens with one attached hydrogen (secondary N) is 2. The highest BCUT2D eigenvalue weighted by Crippen LogP contribution is 1.99. The van der Waals surface area contributed by atoms with Crippen molar-refractivity contribution in [2.24, 2.45) is 0 Å². The average molecular weight is 242 g/mol. The lowest BCUT2D eigenvalue weighted by atomic mass is 10.2. The van der Waals surface area contributed by atoms with Crippen molar-refractivity contribution < 1.29 is 4.79 Å². The summed E-state index contributed by atoms with van der Waals surface area (Å²) in [4.78, 5) is 11.3. The standard InChI is InChI=1S/C14H30N2O/c1-4-5-10-14(17)16-12-9-7-6-8-11-15-13(2)3/h13,15H,4-12H2,1-3H3,(H,16,17). The van der Waals surface area contributed by atoms with Gasteiger partial charge in [0.25, 0.3) is 0 Å². The van der Waals surface area contributed by atoms with Gasteiger partial charge < -0.3 is 10.6 Å². The number of rotatable bonds is 11. The molecule has 0 spiro atoms. The van der Waals surface area contributed by atoms with Gasteiger partial charge in [-0.05, 0) is 25.8 Å². The molecule has 0 rings (SSSR count). The van der Waals surface area contributed by atoms with Crippen LogP contribution < -0.4 is 10.6 Å². The number of unbranched alkanes of at least 4 members (excludes halogenated alkanes) is 4. The maximum atomic E-state index is 11.3. The van der Waals surface area contributed by atoms with Gasteiger partial charge in [-0.25, -0.2) is 0 Å². The SMILES string of the molecule is CCCCC(=O)NCCCCCCNC(C)C. The number of carbonyl (C=O) groups excluding carboxylic acids is 1. The van der Waals surface area contributed by atoms with Crippen LogP contribution in [0.5, 0.6) is 0 Å². The van der Waals surface area contributed by atoms with Crippen LogP contribution in [0.15, 0.2) is 0 Å². The lowest BCUT2D eigenvalue weighted by Gasteiger charge is -2.07. The molecule has 0 unspecified atom stereocenters. The van der Waals surface area contributed by atoms with E-state index in [-0.39, 0.29) is 5.91 Å². The van der Waals surface area contributed by atoms with Crippen LogP contribution in [0.25, 0.3) is 0 Å². The van der Waals surface area contributed by atoms with Gasteiger partial charge in [-0.2, -0.15) is 0 Å². The topological polar surface area (TPSA) is 41.1 Å². The Balaban J connectivity index is 3.10. The van der Waals surface area contributed by atoms with Crippen molar-refractivity contribution in [3.05, 3.63) is 0 Å². The zero-order chi connectivity index (χ0) is 12.9. The molecule has 0 aliphatic heterocycles. The minimum Gasteiger partial charge on any atom is -0.356 e. The molecule has 1 amide bonds. The van der Waals surface area contributed by atoms with E-state index in [1.165, 1.54) is 19.3 Å². The fourth-order valence-corrected chi connectivity index (χ4v) is 1.65. The Bertz CT molecular complexity index is 181. The van der Waals surface area contributed by atoms with Gasteiger partial charge in [-0.3, -0.25) is 4.79 Å². The quantitative estimate of drug-likeness (QED) is 0.547. The first-order valence-corrected chi connectivity index (χ1v) is 7.17. The van der Waals surface area contributed by atoms with Gasteiger partial charge in [0.1, 0.15) is 0 Å². The summed E-state index contributed by atoms with van der Waals surface area (Å²) in [5.41, 5.74) is 0. The maximum Gasteiger partial charge on any atom is 0.219 e. The first-order chi connectivity index (χ1) is 8.16. The van der Waals surface area contributed by atoms with Crippen molar-refractivity contribution in [2.75, 3.05) is 13.1 Å². The molecule has 0 aromatic rings. The van der Waals surface area contributed by atoms with Crippen molar-refractivity contribution >= 4 is 5.91 Å². The number of carbonyl (C=O) groups is 1. The summed E-state index contributed by atoms with van der Waals surface area (Å²) >= 11 is 0. The Morgan fingerprint density at radius 1 is 1.00 bits per heavy atom. The fourth-order valence-electron chi connectivity index (χ4n) is 1.65. The van der Waals surface area contributed by atoms with E-state index in [0.717, 1.165) is 32.4 Å². The van der Waals surface area contributed by atoms with Crippen LogP contribution in [0.4, 0.5) is 0 Å². The van der Waals surface area contributed by atoms with Crippen LogP contribution in [0, 0.1) is 0 Å². The molecule has 0 atom stereocenters. The lowest BCUT2D eigenvalue weighted by molar-refractivity contribution is -0.121. The highest BCUT2D eigenvalue weighted by molar-refractivity contribution is 5.75. The summed E-state index contributed by atoms with van der Waals surface area (Å²) in [6.45, 7) is 8.41. The van der Waals surface area contributed by atoms with Gasteiger partial charge in [0.05, 0.1) is 0 Å². The molecule has 0 aromatic heterocycles. The molecule has 3 heteroatoms. The predicted octanol–water partition coefficient (Wildman–Crippen LogP) is 2.85. The van der Waals surface area contributed by atoms with Crippen LogP contribution in [-0.2, 0) is 4.79 Å². The highest BCUT2D eigenvalue weighted by Gasteiger charge is 1.98. The minimum atomic E-state index is 0.216. The normalized spacial score (nSPS) is 10.8. The second-order valence-electron chi connectivity index (χ2n) is 4.98. The van der Waals surface area contributed by atoms with Gasteiger partial charge in [0.15, 0.2) is 0 Å². The molecule has 0 aliphatic rings. The second kappa shape index (κ2) is 11.9. The van der Waals surface area contributed by atoms with Crippen LogP contribution in [0.3, 0.4) is 0 Å². The second-order valence-corrected chi connectivity index (χ2v) is 4.98. The van der Waals surface area contributed by atoms with Crippen LogP contribution in [0.1, 0.15) is 65.7 Å². The van der Waals surface area contributed by atoms with E-state index >= 15 is 0 Å². The summed E-state index contributed by atoms with van der Waals surface area (Å²) < 4.78 is 0. The van der Waals surface area contributed by atoms with Gasteiger partial charge in [-0.15, -0.1) is 0 Å². The molecule has 0 aliphatic carbocycles. The molecule has 0 bridgehead atoms. The molecule has 0 radical (unpaired) electrons. The Morgan fingerprint density at radius 2 is 1.65 bits per heavy atom. The van der Waals surface area contributed by atoms with E-state index in [0.29, 0.717) is 12.5 Å². The first kappa shape index (κ1) is 16.4. The molecule has 3 nitrogen and oxygen atoms in total. The molecule has 0 fully saturated rings. The Labute approximate surface area is 107 Å². The monoisotopic (exact) mass is 242 g/mol. The zero-order valence-electron chi connectivity index (χ0n) is 11.8. The minimum absolute atomic E-state index is 0.216. The summed E-state index contributed by atoms with van der Waals surface area (Å²) in [5.74, 6) is 0.216. The molecular formula is C14H30N2O. The first-order valence-electron chi connectivity index (χ1n) is 7.17. The van der Waals surface area contributed by atoms with Gasteiger partial charge in [-0.1, -0.05) is 40.0 Å². The zero-order valence-corrected chi connectivity index (χ0v) is 11.8. The fraction of sp³-hybridized carbons (Fsp3) is 0.929. The van der Waals surface area contributed by atoms with Crippen LogP contribution in [-0.4, -0.2) is 25.0 Å². The average Bonchev–Trinajstić information content (AvgIpc) is 2.29. The molecule has 0 saturated carbocycles. The molecule has 102 valence electrons. The van der Waals surface area contributed by atoms with E-state index in [1.807, 2.05) is 0 Å². The molecule has 0 saturated heterocycles. The summed E-state index contributed by atoms with van der Waals surface area (Å²) in [6.07, 6.45) is 7.61. The van der Waals surface area contributed by atoms with E-state index < -0.39 is 0 Å². The Hall–Kier alpha value is -0.570. The summed E-state index contributed by atoms with van der Waals surface area (Å²) in [5, 5.41) is 6.38. The van der Waals surface area contributed by atoms with Crippen LogP contribution >= 0.6 is 0 Å². The van der Waals surface area contributed by atoms with E-state index in [4.69, 9.17) is 0 Å². The van der Waals surface area contributed by atoms with Crippen molar-refractivity contribution in [1.82, 2.24) is 10.6 Å². The number of amides is 1. The predicted molar refractivity (Wildman–Crippen MR) is 74.1 cm³/mol. The van der Waals surface area contributed by atoms with E-state index in [1.54, 1.807) is 0 Å². The van der Waals surface area contributed by atoms with Crippen molar-refractivity contribution in [3.8, 4) is 0 Å². The highest BCUT2D eigenvalue weighted by atomic mass is 16.1. The summed E-state index contributed by atoms with van der Waals surface area (Å²) in [7, 11) is 0. The molecular weight excluding hydrogens is 212 g/mol. The van der Waals surface area contributed by atoms with E-state index in [9.17, 15) is 4.79 Å². The molecule has 2 N–H and O–H groups in total. The number of hydrogen-bond donors (Lipinski definition) is 2. The van der Waals surface area contributed by atoms with E-state index in [2.05, 4.69) is 31.4 Å². The van der Waals surface area contributed by atoms with Gasteiger partial charge in [0, 0.05) is 19.0 Å². The maximum absolute atomic E-state index is 11.3. The third-order valence-corrected chi connectivity index (χ3v) is 2.74. The smallest absolute Gasteiger partial charge is 0.219 e. The third kappa shape index (κ3) is 13.4. The molecule has 17 heavy (non-hydrogen) atoms. The lowest BCUT2D eigenvalue weighted by Crippen LogP contribution is -2.24. The molecule has 0 aromatic carbocycles. The Morgan fingerprint density at radius 3 is 2.24 bits per heavy atom. The van der Waals surface area contributed by atoms with Crippen molar-refractivity contribution in [2.45, 2.75) is 71.8 Å². The molecule has 0 heterocycles. The van der Waals surface area contributed by atoms with Crippen molar-refractivity contribution in [3.63, 3.8) is 0 Å². The van der Waals surface area contributed by atoms with Gasteiger partial charge >= 0.3 is 0 Å². The third-order valence-electron chi connectivity index (χ3n) is 2.74. The largest absolute Gasteiger partial charge is 0.356 e.